The van der Waals surface area contributed by atoms with E-state index in [-0.39, 0.29) is 160 Å². The third kappa shape index (κ3) is 20.8. The lowest BCUT2D eigenvalue weighted by atomic mass is 9.49. The lowest BCUT2D eigenvalue weighted by Crippen LogP contribution is -2.60. The van der Waals surface area contributed by atoms with Crippen LogP contribution in [0.2, 0.25) is 0 Å². The summed E-state index contributed by atoms with van der Waals surface area (Å²) in [5.74, 6) is -8.84. The zero-order chi connectivity index (χ0) is 95.0. The largest absolute Gasteiger partial charge is 0.460 e. The average Bonchev–Trinajstić information content (AvgIpc) is 1.54. The third-order valence-corrected chi connectivity index (χ3v) is 36.8. The van der Waals surface area contributed by atoms with E-state index in [4.69, 9.17) is 75.8 Å². The van der Waals surface area contributed by atoms with E-state index in [1.54, 1.807) is 48.5 Å². The Morgan fingerprint density at radius 1 is 0.355 bits per heavy atom. The second-order valence-corrected chi connectivity index (χ2v) is 44.4. The van der Waals surface area contributed by atoms with Crippen LogP contribution in [0, 0.1) is 178 Å². The number of hydrogen-bond acceptors (Lipinski definition) is 32. The zero-order valence-corrected chi connectivity index (χ0v) is 79.5. The summed E-state index contributed by atoms with van der Waals surface area (Å²) in [5, 5.41) is 0. The number of rotatable bonds is 30. The highest BCUT2D eigenvalue weighted by Crippen LogP contribution is 2.72. The first kappa shape index (κ1) is 116. The van der Waals surface area contributed by atoms with E-state index < -0.39 is 211 Å². The van der Waals surface area contributed by atoms with Crippen molar-refractivity contribution < 1.29 is 153 Å². The molecule has 798 valence electrons. The number of carbonyl (C=O) groups excluding carboxylic acids is 16. The van der Waals surface area contributed by atoms with Gasteiger partial charge in [-0.2, -0.15) is 0 Å². The molecule has 32 heteroatoms. The van der Waals surface area contributed by atoms with Crippen LogP contribution in [0.5, 0.6) is 0 Å². The minimum absolute atomic E-state index is 0. The van der Waals surface area contributed by atoms with Crippen LogP contribution in [0.15, 0.2) is 0 Å². The van der Waals surface area contributed by atoms with Gasteiger partial charge >= 0.3 is 95.5 Å². The minimum atomic E-state index is -0.722. The smallest absolute Gasteiger partial charge is 0.344 e. The minimum Gasteiger partial charge on any atom is -0.460 e. The van der Waals surface area contributed by atoms with Crippen molar-refractivity contribution in [2.75, 3.05) is 26.4 Å². The van der Waals surface area contributed by atoms with E-state index in [2.05, 4.69) is 13.8 Å². The normalized spacial score (nSPS) is 39.5. The van der Waals surface area contributed by atoms with Gasteiger partial charge in [-0.25, -0.2) is 19.2 Å². The molecule has 0 amide bonds. The van der Waals surface area contributed by atoms with Crippen LogP contribution in [-0.2, 0) is 153 Å². The van der Waals surface area contributed by atoms with Crippen molar-refractivity contribution in [3.8, 4) is 0 Å². The van der Waals surface area contributed by atoms with Gasteiger partial charge in [0.2, 0.25) is 0 Å². The molecule has 0 spiro atoms. The highest BCUT2D eigenvalue weighted by molar-refractivity contribution is 5.90. The van der Waals surface area contributed by atoms with Crippen LogP contribution in [0.4, 0.5) is 0 Å². The molecule has 0 N–H and O–H groups in total. The molecular weight excluding hydrogens is 1820 g/mol. The van der Waals surface area contributed by atoms with E-state index in [0.29, 0.717) is 81.0 Å². The van der Waals surface area contributed by atoms with E-state index >= 15 is 0 Å². The number of ether oxygens (including phenoxy) is 16. The maximum absolute atomic E-state index is 13.9. The highest BCUT2D eigenvalue weighted by atomic mass is 16.7. The maximum Gasteiger partial charge on any atom is 0.344 e. The Hall–Kier alpha value is -8.48. The SMILES string of the molecule is C.C.C.C.C.C.C.C.CCC(C)C(=O)OCC(=O)OC1C2CC3C1OC(=O)C3C2C(=O)OC(C)(C)C.CCC(C)C(=O)OCC(=O)OC1C2CC3C1OC(=O)C3C2C(=O)OC1(CC)C2CC3CC(C2)CC1C3.CCC(C)C(=O)OCC(=O)OC1C2CC3C1OC(=O)C3C2C(=O)OC1(CC)CC2CC1C1C3CCC(C3)C21.CCC(C)C(=O)OCC(=O)OC1C2CC3C1OC(=O)C3C2C(=O)OC1(CC)CCCC1. The van der Waals surface area contributed by atoms with E-state index in [1.165, 1.54) is 32.1 Å². The molecule has 17 saturated carbocycles. The summed E-state index contributed by atoms with van der Waals surface area (Å²) >= 11 is 0. The molecule has 141 heavy (non-hydrogen) atoms. The lowest BCUT2D eigenvalue weighted by molar-refractivity contribution is -0.218. The molecule has 0 radical (unpaired) electrons. The molecule has 0 aromatic rings. The molecule has 21 fully saturated rings. The second kappa shape index (κ2) is 45.2. The summed E-state index contributed by atoms with van der Waals surface area (Å²) in [6.45, 7) is 24.0. The van der Waals surface area contributed by atoms with Gasteiger partial charge < -0.3 is 75.8 Å². The lowest BCUT2D eigenvalue weighted by Gasteiger charge is -2.60. The predicted octanol–water partition coefficient (Wildman–Crippen LogP) is 16.4. The van der Waals surface area contributed by atoms with Crippen LogP contribution in [-0.4, -0.2) is 193 Å². The van der Waals surface area contributed by atoms with Crippen LogP contribution in [0.3, 0.4) is 0 Å². The Bertz CT molecular complexity index is 4530. The Kier molecular flexibility index (Phi) is 37.3. The Morgan fingerprint density at radius 3 is 0.972 bits per heavy atom. The molecule has 4 saturated heterocycles. The van der Waals surface area contributed by atoms with Gasteiger partial charge in [-0.1, -0.05) is 136 Å². The van der Waals surface area contributed by atoms with Gasteiger partial charge in [0.15, 0.2) is 26.4 Å². The van der Waals surface area contributed by atoms with Gasteiger partial charge in [0, 0.05) is 53.3 Å². The summed E-state index contributed by atoms with van der Waals surface area (Å²) in [7, 11) is 0. The van der Waals surface area contributed by atoms with Crippen molar-refractivity contribution in [1.82, 2.24) is 0 Å². The zero-order valence-electron chi connectivity index (χ0n) is 79.5. The number of hydrogen-bond donors (Lipinski definition) is 0. The van der Waals surface area contributed by atoms with Gasteiger partial charge in [-0.05, 0) is 235 Å². The fourth-order valence-electron chi connectivity index (χ4n) is 30.2. The van der Waals surface area contributed by atoms with Gasteiger partial charge in [0.05, 0.1) is 71.0 Å². The third-order valence-electron chi connectivity index (χ3n) is 36.8. The van der Waals surface area contributed by atoms with E-state index in [0.717, 1.165) is 107 Å². The fourth-order valence-corrected chi connectivity index (χ4v) is 30.2. The summed E-state index contributed by atoms with van der Waals surface area (Å²) in [6, 6.07) is 0. The first-order valence-electron chi connectivity index (χ1n) is 50.5. The molecule has 4 aliphatic heterocycles. The van der Waals surface area contributed by atoms with Crippen LogP contribution in [0.1, 0.15) is 317 Å². The standard InChI is InChI=1S/C30H40O8.C28H38O8.C23H32O8.C20H28O8.8CH4/c1-4-13(3)27(32)35-12-20(31)36-25-18-10-17-23(28(33)37-26(17)25)24(18)29(34)38-30(5-2)11-16-9-19(30)22-15-7-6-14(8-15)21(16)22;1-4-13(3)25(30)33-12-20(29)34-23-19-11-18-21(26(31)35-24(18)23)22(19)27(32)36-28(5-2)16-7-14-6-15(9-16)10-17(28)8-14;1-4-12(3)20(25)28-11-15(24)29-18-14-10-13-16(21(26)30-19(13)18)17(14)22(27)31-23(5-2)8-6-7-9-23;1-6-9(2)17(22)25-8-12(21)26-15-11-7-10-13(18(23)27-16(10)15)14(11)19(24)28-20(3,4)5;;;;;;;;/h13-19,21-26H,4-12H2,1-3H3;13-19,21-24H,4-12H2,1-3H3;12-14,16-19H,4-11H2,1-3H3;9-11,13-16H,6-8H2,1-5H3;8*1H4. The highest BCUT2D eigenvalue weighted by Gasteiger charge is 2.77. The molecule has 17 aliphatic carbocycles. The fraction of sp³-hybridized carbons (Fsp3) is 0.853. The van der Waals surface area contributed by atoms with Crippen molar-refractivity contribution in [2.24, 2.45) is 178 Å². The summed E-state index contributed by atoms with van der Waals surface area (Å²) in [6.07, 6.45) is 17.9. The van der Waals surface area contributed by atoms with Crippen LogP contribution < -0.4 is 0 Å². The molecule has 16 bridgehead atoms. The van der Waals surface area contributed by atoms with E-state index in [9.17, 15) is 76.7 Å². The average molecular weight is 1990 g/mol. The predicted molar refractivity (Wildman–Crippen MR) is 512 cm³/mol. The molecule has 21 rings (SSSR count). The van der Waals surface area contributed by atoms with Gasteiger partial charge in [-0.3, -0.25) is 57.5 Å². The quantitative estimate of drug-likeness (QED) is 0.0366. The van der Waals surface area contributed by atoms with Crippen molar-refractivity contribution in [3.63, 3.8) is 0 Å². The molecule has 0 aromatic carbocycles. The van der Waals surface area contributed by atoms with Crippen LogP contribution in [0.25, 0.3) is 0 Å². The van der Waals surface area contributed by atoms with Crippen molar-refractivity contribution in [1.29, 1.82) is 0 Å². The van der Waals surface area contributed by atoms with Gasteiger partial charge in [-0.15, -0.1) is 0 Å². The topological polar surface area (TPSA) is 421 Å². The Morgan fingerprint density at radius 2 is 0.667 bits per heavy atom. The van der Waals surface area contributed by atoms with E-state index in [1.807, 2.05) is 34.6 Å². The van der Waals surface area contributed by atoms with Crippen LogP contribution >= 0.6 is 0 Å². The number of carbonyl (C=O) groups is 16. The first-order valence-corrected chi connectivity index (χ1v) is 50.5. The molecule has 21 aliphatic rings. The monoisotopic (exact) mass is 1990 g/mol. The summed E-state index contributed by atoms with van der Waals surface area (Å²) < 4.78 is 89.4. The molecule has 35 atom stereocenters. The molecule has 35 unspecified atom stereocenters. The van der Waals surface area contributed by atoms with Crippen molar-refractivity contribution >= 4 is 95.5 Å². The maximum atomic E-state index is 13.9. The Balaban J connectivity index is 0.000000207. The second-order valence-electron chi connectivity index (χ2n) is 44.4. The van der Waals surface area contributed by atoms with Crippen molar-refractivity contribution in [3.05, 3.63) is 0 Å². The number of esters is 16. The molecule has 32 nitrogen and oxygen atoms in total. The van der Waals surface area contributed by atoms with Crippen molar-refractivity contribution in [2.45, 2.75) is 388 Å². The van der Waals surface area contributed by atoms with Gasteiger partial charge in [0.25, 0.3) is 0 Å². The summed E-state index contributed by atoms with van der Waals surface area (Å²) in [5.41, 5.74) is -2.01. The first-order chi connectivity index (χ1) is 63.3. The molecule has 0 aromatic heterocycles. The molecular formula is C109H170O32. The molecule has 4 heterocycles. The van der Waals surface area contributed by atoms with Gasteiger partial charge in [0.1, 0.15) is 71.2 Å². The Labute approximate surface area is 836 Å². The summed E-state index contributed by atoms with van der Waals surface area (Å²) in [4.78, 5) is 201. The number of fused-ring (bicyclic) bond motifs is 13.